The first-order valence-electron chi connectivity index (χ1n) is 17.0. The van der Waals surface area contributed by atoms with Crippen molar-refractivity contribution in [3.8, 4) is 0 Å². The lowest BCUT2D eigenvalue weighted by molar-refractivity contribution is -0.147. The van der Waals surface area contributed by atoms with E-state index in [2.05, 4.69) is 16.0 Å². The van der Waals surface area contributed by atoms with Crippen LogP contribution in [-0.4, -0.2) is 70.4 Å². The number of rotatable bonds is 10. The molecule has 5 amide bonds. The number of nitrogens with zero attached hydrogens (tertiary/aromatic N) is 1. The Kier molecular flexibility index (Phi) is 13.1. The predicted octanol–water partition coefficient (Wildman–Crippen LogP) is 3.23. The predicted molar refractivity (Wildman–Crippen MR) is 161 cm³/mol. The van der Waals surface area contributed by atoms with Gasteiger partial charge in [0, 0.05) is 13.0 Å². The van der Waals surface area contributed by atoms with Gasteiger partial charge in [-0.25, -0.2) is 5.48 Å². The minimum atomic E-state index is -0.850. The van der Waals surface area contributed by atoms with E-state index in [1.165, 1.54) is 12.8 Å². The molecule has 2 saturated heterocycles. The maximum Gasteiger partial charge on any atom is 0.245 e. The molecule has 2 saturated carbocycles. The monoisotopic (exact) mass is 603 g/mol. The van der Waals surface area contributed by atoms with Crippen LogP contribution in [0.1, 0.15) is 128 Å². The van der Waals surface area contributed by atoms with Gasteiger partial charge in [-0.1, -0.05) is 77.0 Å². The maximum atomic E-state index is 14.1. The van der Waals surface area contributed by atoms with Crippen LogP contribution in [0, 0.1) is 11.8 Å². The summed E-state index contributed by atoms with van der Waals surface area (Å²) >= 11 is 0. The minimum Gasteiger partial charge on any atom is -0.343 e. The van der Waals surface area contributed by atoms with Gasteiger partial charge in [-0.2, -0.15) is 0 Å². The maximum absolute atomic E-state index is 14.1. The van der Waals surface area contributed by atoms with Crippen LogP contribution in [0.2, 0.25) is 0 Å². The lowest BCUT2D eigenvalue weighted by Crippen LogP contribution is -2.63. The molecule has 4 rings (SSSR count). The zero-order valence-electron chi connectivity index (χ0n) is 25.7. The topological polar surface area (TPSA) is 157 Å². The van der Waals surface area contributed by atoms with E-state index in [1.54, 1.807) is 10.4 Å². The molecule has 242 valence electrons. The van der Waals surface area contributed by atoms with Gasteiger partial charge in [-0.15, -0.1) is 0 Å². The van der Waals surface area contributed by atoms with Crippen LogP contribution in [0.5, 0.6) is 0 Å². The highest BCUT2D eigenvalue weighted by Gasteiger charge is 2.40. The van der Waals surface area contributed by atoms with Gasteiger partial charge in [0.1, 0.15) is 24.2 Å². The number of fused-ring (bicyclic) bond motifs is 1. The van der Waals surface area contributed by atoms with Crippen LogP contribution in [0.15, 0.2) is 0 Å². The summed E-state index contributed by atoms with van der Waals surface area (Å²) < 4.78 is 0. The quantitative estimate of drug-likeness (QED) is 0.147. The highest BCUT2D eigenvalue weighted by atomic mass is 16.5. The standard InChI is InChI=1S/C32H53N5O6/c38-28(36-43)18-9-3-8-16-24-29(39)34-25(20-22-12-4-1-5-13-22)30(40)35-26(21-23-14-6-2-7-15-23)32(42)37-19-11-10-17-27(37)31(41)33-24/h22-27,43H,1-21H2,(H,33,41)(H,34,39)(H,35,40)(H,36,38)/t24-,25+,26-,27-/m0/s1. The number of hydrogen-bond donors (Lipinski definition) is 5. The van der Waals surface area contributed by atoms with Gasteiger partial charge in [0.05, 0.1) is 0 Å². The second-order valence-corrected chi connectivity index (χ2v) is 13.3. The number of hydrogen-bond acceptors (Lipinski definition) is 6. The van der Waals surface area contributed by atoms with Gasteiger partial charge in [0.25, 0.3) is 0 Å². The van der Waals surface area contributed by atoms with Crippen molar-refractivity contribution in [2.24, 2.45) is 11.8 Å². The second-order valence-electron chi connectivity index (χ2n) is 13.3. The van der Waals surface area contributed by atoms with E-state index < -0.39 is 30.1 Å². The van der Waals surface area contributed by atoms with Crippen LogP contribution < -0.4 is 21.4 Å². The molecule has 11 heteroatoms. The van der Waals surface area contributed by atoms with Crippen molar-refractivity contribution in [2.75, 3.05) is 6.54 Å². The molecule has 0 unspecified atom stereocenters. The Labute approximate surface area is 256 Å². The number of carbonyl (C=O) groups excluding carboxylic acids is 5. The molecule has 0 aromatic carbocycles. The summed E-state index contributed by atoms with van der Waals surface area (Å²) in [5.41, 5.74) is 1.63. The summed E-state index contributed by atoms with van der Waals surface area (Å²) in [6.45, 7) is 0.462. The zero-order valence-corrected chi connectivity index (χ0v) is 25.7. The molecule has 2 heterocycles. The number of unbranched alkanes of at least 4 members (excludes halogenated alkanes) is 2. The summed E-state index contributed by atoms with van der Waals surface area (Å²) in [6, 6.07) is -3.01. The molecule has 4 fully saturated rings. The van der Waals surface area contributed by atoms with E-state index in [9.17, 15) is 24.0 Å². The number of amides is 5. The van der Waals surface area contributed by atoms with Crippen molar-refractivity contribution in [1.29, 1.82) is 0 Å². The van der Waals surface area contributed by atoms with Crippen molar-refractivity contribution < 1.29 is 29.2 Å². The molecular weight excluding hydrogens is 550 g/mol. The van der Waals surface area contributed by atoms with E-state index in [0.717, 1.165) is 64.2 Å². The lowest BCUT2D eigenvalue weighted by Gasteiger charge is -2.39. The molecule has 2 aliphatic carbocycles. The summed E-state index contributed by atoms with van der Waals surface area (Å²) in [5.74, 6) is -0.967. The third kappa shape index (κ3) is 9.91. The SMILES string of the molecule is O=C(CCCCC[C@@H]1NC(=O)[C@@H]2CCCCN2C(=O)[C@H](CC2CCCCC2)NC(=O)[C@@H](CC2CCCCC2)NC1=O)NO. The molecule has 0 spiro atoms. The lowest BCUT2D eigenvalue weighted by atomic mass is 9.83. The largest absolute Gasteiger partial charge is 0.343 e. The van der Waals surface area contributed by atoms with Gasteiger partial charge >= 0.3 is 0 Å². The molecule has 5 N–H and O–H groups in total. The highest BCUT2D eigenvalue weighted by molar-refractivity contribution is 5.97. The van der Waals surface area contributed by atoms with Crippen LogP contribution in [-0.2, 0) is 24.0 Å². The van der Waals surface area contributed by atoms with Crippen molar-refractivity contribution in [1.82, 2.24) is 26.3 Å². The van der Waals surface area contributed by atoms with Crippen LogP contribution in [0.4, 0.5) is 0 Å². The van der Waals surface area contributed by atoms with E-state index in [4.69, 9.17) is 5.21 Å². The first kappa shape index (κ1) is 33.2. The molecule has 2 aliphatic heterocycles. The highest BCUT2D eigenvalue weighted by Crippen LogP contribution is 2.30. The average molecular weight is 604 g/mol. The Morgan fingerprint density at radius 2 is 1.23 bits per heavy atom. The molecule has 0 radical (unpaired) electrons. The minimum absolute atomic E-state index is 0.171. The van der Waals surface area contributed by atoms with Crippen molar-refractivity contribution in [2.45, 2.75) is 153 Å². The third-order valence-corrected chi connectivity index (χ3v) is 10.1. The summed E-state index contributed by atoms with van der Waals surface area (Å²) in [5, 5.41) is 17.8. The first-order valence-corrected chi connectivity index (χ1v) is 17.0. The van der Waals surface area contributed by atoms with E-state index in [-0.39, 0.29) is 30.0 Å². The Balaban J connectivity index is 1.55. The van der Waals surface area contributed by atoms with Crippen molar-refractivity contribution in [3.63, 3.8) is 0 Å². The Morgan fingerprint density at radius 1 is 0.674 bits per heavy atom. The zero-order chi connectivity index (χ0) is 30.6. The average Bonchev–Trinajstić information content (AvgIpc) is 3.03. The fourth-order valence-electron chi connectivity index (χ4n) is 7.58. The fraction of sp³-hybridized carbons (Fsp3) is 0.844. The molecule has 43 heavy (non-hydrogen) atoms. The Bertz CT molecular complexity index is 964. The van der Waals surface area contributed by atoms with E-state index in [1.807, 2.05) is 0 Å². The summed E-state index contributed by atoms with van der Waals surface area (Å²) in [4.78, 5) is 68.5. The Morgan fingerprint density at radius 3 is 1.88 bits per heavy atom. The molecule has 0 bridgehead atoms. The molecule has 0 aromatic heterocycles. The molecule has 4 atom stereocenters. The number of carbonyl (C=O) groups is 5. The normalized spacial score (nSPS) is 28.5. The molecule has 4 aliphatic rings. The van der Waals surface area contributed by atoms with Crippen molar-refractivity contribution in [3.05, 3.63) is 0 Å². The van der Waals surface area contributed by atoms with E-state index in [0.29, 0.717) is 63.3 Å². The number of nitrogens with one attached hydrogen (secondary N) is 4. The number of hydroxylamine groups is 1. The summed E-state index contributed by atoms with van der Waals surface area (Å²) in [7, 11) is 0. The molecule has 11 nitrogen and oxygen atoms in total. The first-order chi connectivity index (χ1) is 20.9. The van der Waals surface area contributed by atoms with Crippen LogP contribution in [0.3, 0.4) is 0 Å². The molecular formula is C32H53N5O6. The van der Waals surface area contributed by atoms with Gasteiger partial charge in [-0.05, 0) is 56.8 Å². The van der Waals surface area contributed by atoms with Crippen molar-refractivity contribution >= 4 is 29.5 Å². The van der Waals surface area contributed by atoms with E-state index >= 15 is 0 Å². The van der Waals surface area contributed by atoms with Crippen LogP contribution >= 0.6 is 0 Å². The molecule has 0 aromatic rings. The van der Waals surface area contributed by atoms with Crippen LogP contribution in [0.25, 0.3) is 0 Å². The Hall–Kier alpha value is -2.69. The third-order valence-electron chi connectivity index (χ3n) is 10.1. The van der Waals surface area contributed by atoms with Gasteiger partial charge in [-0.3, -0.25) is 29.2 Å². The van der Waals surface area contributed by atoms with Gasteiger partial charge in [0.15, 0.2) is 0 Å². The van der Waals surface area contributed by atoms with Gasteiger partial charge in [0.2, 0.25) is 29.5 Å². The van der Waals surface area contributed by atoms with Gasteiger partial charge < -0.3 is 20.9 Å². The smallest absolute Gasteiger partial charge is 0.245 e. The fourth-order valence-corrected chi connectivity index (χ4v) is 7.58. The number of piperidine rings is 1. The second kappa shape index (κ2) is 17.0. The summed E-state index contributed by atoms with van der Waals surface area (Å²) in [6.07, 6.45) is 16.5.